The highest BCUT2D eigenvalue weighted by molar-refractivity contribution is 8.00. The second-order valence-corrected chi connectivity index (χ2v) is 9.94. The minimum atomic E-state index is -0.0965. The normalized spacial score (nSPS) is 13.7. The van der Waals surface area contributed by atoms with Gasteiger partial charge in [-0.15, -0.1) is 11.8 Å². The summed E-state index contributed by atoms with van der Waals surface area (Å²) in [6.45, 7) is 16.7. The van der Waals surface area contributed by atoms with Gasteiger partial charge in [0, 0.05) is 30.4 Å². The van der Waals surface area contributed by atoms with Gasteiger partial charge in [0.25, 0.3) is 0 Å². The molecule has 0 spiro atoms. The number of carbonyl (C=O) groups excluding carboxylic acids is 1. The van der Waals surface area contributed by atoms with E-state index in [0.717, 1.165) is 61.4 Å². The molecule has 1 aromatic carbocycles. The van der Waals surface area contributed by atoms with Crippen molar-refractivity contribution in [2.75, 3.05) is 43.5 Å². The summed E-state index contributed by atoms with van der Waals surface area (Å²) in [4.78, 5) is 20.1. The first kappa shape index (κ1) is 26.9. The molecule has 0 bridgehead atoms. The summed E-state index contributed by atoms with van der Waals surface area (Å²) in [6.07, 6.45) is 0. The second kappa shape index (κ2) is 13.3. The fraction of sp³-hybridized carbons (Fsp3) is 0.522. The Hall–Kier alpha value is -2.16. The molecule has 2 heterocycles. The minimum Gasteiger partial charge on any atom is -0.399 e. The lowest BCUT2D eigenvalue weighted by Crippen LogP contribution is -2.37. The summed E-state index contributed by atoms with van der Waals surface area (Å²) in [5, 5.41) is 0.520. The van der Waals surface area contributed by atoms with Gasteiger partial charge in [0.2, 0.25) is 0 Å². The molecule has 1 aliphatic rings. The molecule has 172 valence electrons. The van der Waals surface area contributed by atoms with Crippen molar-refractivity contribution in [3.63, 3.8) is 0 Å². The zero-order chi connectivity index (χ0) is 23.4. The molecule has 1 saturated heterocycles. The molecule has 0 radical (unpaired) electrons. The van der Waals surface area contributed by atoms with E-state index in [1.54, 1.807) is 0 Å². The van der Waals surface area contributed by atoms with Crippen LogP contribution in [0.3, 0.4) is 0 Å². The van der Waals surface area contributed by atoms with Gasteiger partial charge in [-0.3, -0.25) is 0 Å². The number of ether oxygens (including phenoxy) is 1. The third-order valence-corrected chi connectivity index (χ3v) is 5.63. The summed E-state index contributed by atoms with van der Waals surface area (Å²) in [7, 11) is 0. The zero-order valence-electron chi connectivity index (χ0n) is 19.4. The van der Waals surface area contributed by atoms with Crippen molar-refractivity contribution in [3.8, 4) is 11.4 Å². The summed E-state index contributed by atoms with van der Waals surface area (Å²) >= 11 is 1.92. The Bertz CT molecular complexity index is 778. The van der Waals surface area contributed by atoms with Crippen LogP contribution in [0.2, 0.25) is 0 Å². The molecule has 7 nitrogen and oxygen atoms in total. The highest BCUT2D eigenvalue weighted by Gasteiger charge is 2.27. The van der Waals surface area contributed by atoms with Gasteiger partial charge in [-0.1, -0.05) is 20.8 Å². The van der Waals surface area contributed by atoms with Crippen LogP contribution in [0.25, 0.3) is 11.4 Å². The number of hydrogen-bond acceptors (Lipinski definition) is 8. The van der Waals surface area contributed by atoms with Crippen molar-refractivity contribution in [1.29, 1.82) is 0 Å². The Morgan fingerprint density at radius 3 is 2.23 bits per heavy atom. The number of carbonyl (C=O) groups is 1. The third kappa shape index (κ3) is 8.47. The molecule has 0 aliphatic carbocycles. The molecule has 3 rings (SSSR count). The van der Waals surface area contributed by atoms with Crippen molar-refractivity contribution in [1.82, 2.24) is 9.97 Å². The summed E-state index contributed by atoms with van der Waals surface area (Å²) in [5.74, 6) is 1.73. The van der Waals surface area contributed by atoms with E-state index < -0.39 is 0 Å². The third-order valence-electron chi connectivity index (χ3n) is 4.36. The van der Waals surface area contributed by atoms with E-state index in [-0.39, 0.29) is 4.75 Å². The van der Waals surface area contributed by atoms with E-state index in [1.165, 1.54) is 0 Å². The average Bonchev–Trinajstić information content (AvgIpc) is 2.76. The van der Waals surface area contributed by atoms with E-state index in [1.807, 2.05) is 49.7 Å². The van der Waals surface area contributed by atoms with Gasteiger partial charge < -0.3 is 25.9 Å². The van der Waals surface area contributed by atoms with Crippen LogP contribution in [-0.2, 0) is 14.3 Å². The lowest BCUT2D eigenvalue weighted by Gasteiger charge is -2.31. The molecule has 4 N–H and O–H groups in total. The minimum absolute atomic E-state index is 0.0965. The van der Waals surface area contributed by atoms with Gasteiger partial charge in [-0.2, -0.15) is 0 Å². The van der Waals surface area contributed by atoms with Crippen LogP contribution < -0.4 is 16.4 Å². The van der Waals surface area contributed by atoms with Crippen molar-refractivity contribution in [2.45, 2.75) is 44.6 Å². The van der Waals surface area contributed by atoms with Crippen molar-refractivity contribution in [3.05, 3.63) is 36.0 Å². The molecular weight excluding hydrogens is 410 g/mol. The first-order valence-electron chi connectivity index (χ1n) is 10.5. The number of morpholine rings is 1. The van der Waals surface area contributed by atoms with Crippen LogP contribution in [-0.4, -0.2) is 54.9 Å². The molecular formula is C23H37N5O2S. The summed E-state index contributed by atoms with van der Waals surface area (Å²) in [6, 6.07) is 9.91. The lowest BCUT2D eigenvalue weighted by molar-refractivity contribution is -0.0979. The van der Waals surface area contributed by atoms with Gasteiger partial charge in [0.15, 0.2) is 5.82 Å². The number of rotatable bonds is 5. The van der Waals surface area contributed by atoms with Crippen LogP contribution in [0.1, 0.15) is 40.3 Å². The van der Waals surface area contributed by atoms with Crippen LogP contribution in [0.5, 0.6) is 0 Å². The van der Waals surface area contributed by atoms with E-state index in [0.29, 0.717) is 5.25 Å². The fourth-order valence-electron chi connectivity index (χ4n) is 3.11. The highest BCUT2D eigenvalue weighted by Crippen LogP contribution is 2.39. The fourth-order valence-corrected chi connectivity index (χ4v) is 4.51. The molecule has 8 heteroatoms. The number of nitrogen functional groups attached to an aromatic ring is 1. The standard InChI is InChI=1S/C20H28N4OS.C2H7N.CH2O/c1-14(2)26-20(3,4)17-13-18(24-9-11-25-12-10-24)23-19(22-17)15-5-7-16(21)8-6-15;1-2-3;1-2/h5-8,13-14H,9-12,21H2,1-4H3;2-3H2,1H3;1H2. The average molecular weight is 448 g/mol. The van der Waals surface area contributed by atoms with Crippen LogP contribution >= 0.6 is 11.8 Å². The maximum Gasteiger partial charge on any atom is 0.161 e. The first-order valence-corrected chi connectivity index (χ1v) is 11.4. The molecule has 0 unspecified atom stereocenters. The largest absolute Gasteiger partial charge is 0.399 e. The number of benzene rings is 1. The molecule has 1 aromatic heterocycles. The molecule has 0 atom stereocenters. The van der Waals surface area contributed by atoms with Crippen LogP contribution in [0, 0.1) is 0 Å². The Balaban J connectivity index is 0.000000884. The smallest absolute Gasteiger partial charge is 0.161 e. The Kier molecular flexibility index (Phi) is 11.5. The van der Waals surface area contributed by atoms with Gasteiger partial charge in [0.05, 0.1) is 23.7 Å². The number of thioether (sulfide) groups is 1. The molecule has 2 aromatic rings. The summed E-state index contributed by atoms with van der Waals surface area (Å²) in [5.41, 5.74) is 13.5. The van der Waals surface area contributed by atoms with E-state index in [4.69, 9.17) is 31.0 Å². The van der Waals surface area contributed by atoms with Gasteiger partial charge in [-0.05, 0) is 49.9 Å². The quantitative estimate of drug-likeness (QED) is 0.668. The van der Waals surface area contributed by atoms with Gasteiger partial charge in [-0.25, -0.2) is 9.97 Å². The zero-order valence-corrected chi connectivity index (χ0v) is 20.2. The van der Waals surface area contributed by atoms with E-state index >= 15 is 0 Å². The monoisotopic (exact) mass is 447 g/mol. The van der Waals surface area contributed by atoms with Crippen molar-refractivity contribution in [2.24, 2.45) is 5.73 Å². The SMILES string of the molecule is C=O.CC(C)SC(C)(C)c1cc(N2CCOCC2)nc(-c2ccc(N)cc2)n1.CCN. The number of nitrogens with zero attached hydrogens (tertiary/aromatic N) is 3. The van der Waals surface area contributed by atoms with Crippen LogP contribution in [0.4, 0.5) is 11.5 Å². The topological polar surface area (TPSA) is 107 Å². The molecule has 31 heavy (non-hydrogen) atoms. The maximum absolute atomic E-state index is 8.00. The number of aromatic nitrogens is 2. The molecule has 1 fully saturated rings. The Morgan fingerprint density at radius 2 is 1.71 bits per heavy atom. The predicted octanol–water partition coefficient (Wildman–Crippen LogP) is 3.72. The molecule has 1 aliphatic heterocycles. The van der Waals surface area contributed by atoms with Gasteiger partial charge in [0.1, 0.15) is 12.6 Å². The predicted molar refractivity (Wildman–Crippen MR) is 133 cm³/mol. The highest BCUT2D eigenvalue weighted by atomic mass is 32.2. The first-order chi connectivity index (χ1) is 14.8. The van der Waals surface area contributed by atoms with E-state index in [2.05, 4.69) is 38.7 Å². The Labute approximate surface area is 191 Å². The number of anilines is 2. The summed E-state index contributed by atoms with van der Waals surface area (Å²) < 4.78 is 5.40. The van der Waals surface area contributed by atoms with Crippen LogP contribution in [0.15, 0.2) is 30.3 Å². The lowest BCUT2D eigenvalue weighted by atomic mass is 10.1. The number of hydrogen-bond donors (Lipinski definition) is 2. The molecule has 0 saturated carbocycles. The van der Waals surface area contributed by atoms with Crippen molar-refractivity contribution < 1.29 is 9.53 Å². The van der Waals surface area contributed by atoms with Gasteiger partial charge >= 0.3 is 0 Å². The second-order valence-electron chi connectivity index (χ2n) is 7.74. The van der Waals surface area contributed by atoms with E-state index in [9.17, 15) is 0 Å². The maximum atomic E-state index is 8.00. The Morgan fingerprint density at radius 1 is 1.16 bits per heavy atom. The molecule has 0 amide bonds. The number of nitrogens with two attached hydrogens (primary N) is 2. The van der Waals surface area contributed by atoms with Crippen molar-refractivity contribution >= 4 is 30.1 Å².